The highest BCUT2D eigenvalue weighted by Crippen LogP contribution is 2.21. The lowest BCUT2D eigenvalue weighted by Crippen LogP contribution is -2.11. The molecule has 0 saturated carbocycles. The summed E-state index contributed by atoms with van der Waals surface area (Å²) in [5, 5.41) is 0. The van der Waals surface area contributed by atoms with Crippen LogP contribution in [-0.2, 0) is 10.0 Å². The van der Waals surface area contributed by atoms with Crippen molar-refractivity contribution in [2.45, 2.75) is 0 Å². The Balaban J connectivity index is 0.00000169. The summed E-state index contributed by atoms with van der Waals surface area (Å²) >= 11 is 3.15. The number of halogens is 2. The van der Waals surface area contributed by atoms with Crippen molar-refractivity contribution in [2.24, 2.45) is 0 Å². The van der Waals surface area contributed by atoms with E-state index in [0.717, 1.165) is 6.26 Å². The van der Waals surface area contributed by atoms with Gasteiger partial charge in [-0.3, -0.25) is 4.72 Å². The van der Waals surface area contributed by atoms with Crippen LogP contribution in [0.2, 0.25) is 0 Å². The van der Waals surface area contributed by atoms with Crippen LogP contribution in [0.1, 0.15) is 0 Å². The molecule has 0 radical (unpaired) electrons. The van der Waals surface area contributed by atoms with Crippen molar-refractivity contribution < 1.29 is 8.42 Å². The van der Waals surface area contributed by atoms with Crippen LogP contribution >= 0.6 is 28.3 Å². The second-order valence-corrected chi connectivity index (χ2v) is 5.12. The lowest BCUT2D eigenvalue weighted by atomic mass is 10.4. The fourth-order valence-electron chi connectivity index (χ4n) is 0.731. The van der Waals surface area contributed by atoms with E-state index in [2.05, 4.69) is 25.6 Å². The maximum atomic E-state index is 10.9. The van der Waals surface area contributed by atoms with Crippen LogP contribution < -0.4 is 10.5 Å². The Bertz CT molecular complexity index is 423. The van der Waals surface area contributed by atoms with Crippen molar-refractivity contribution in [3.63, 3.8) is 0 Å². The number of hydrogen-bond acceptors (Lipinski definition) is 4. The fourth-order valence-corrected chi connectivity index (χ4v) is 1.63. The highest BCUT2D eigenvalue weighted by Gasteiger charge is 2.06. The third kappa shape index (κ3) is 4.12. The molecule has 1 rings (SSSR count). The predicted octanol–water partition coefficient (Wildman–Crippen LogP) is 1.22. The van der Waals surface area contributed by atoms with Crippen molar-refractivity contribution in [2.75, 3.05) is 16.7 Å². The summed E-state index contributed by atoms with van der Waals surface area (Å²) in [7, 11) is -3.31. The van der Waals surface area contributed by atoms with Crippen LogP contribution in [0.3, 0.4) is 0 Å². The van der Waals surface area contributed by atoms with Gasteiger partial charge < -0.3 is 5.73 Å². The minimum Gasteiger partial charge on any atom is -0.382 e. The first-order chi connectivity index (χ1) is 5.88. The molecule has 80 valence electrons. The summed E-state index contributed by atoms with van der Waals surface area (Å²) in [4.78, 5) is 3.77. The number of nitrogens with one attached hydrogen (secondary N) is 1. The summed E-state index contributed by atoms with van der Waals surface area (Å²) in [5.41, 5.74) is 5.71. The van der Waals surface area contributed by atoms with Gasteiger partial charge in [0.2, 0.25) is 10.0 Å². The average molecular weight is 303 g/mol. The van der Waals surface area contributed by atoms with Gasteiger partial charge in [-0.2, -0.15) is 0 Å². The highest BCUT2D eigenvalue weighted by atomic mass is 79.9. The van der Waals surface area contributed by atoms with Crippen molar-refractivity contribution >= 4 is 49.9 Å². The molecule has 8 heteroatoms. The Hall–Kier alpha value is -0.530. The highest BCUT2D eigenvalue weighted by molar-refractivity contribution is 9.10. The number of nitrogens with two attached hydrogens (primary N) is 1. The van der Waals surface area contributed by atoms with Crippen LogP contribution in [0.15, 0.2) is 16.7 Å². The van der Waals surface area contributed by atoms with Gasteiger partial charge in [-0.15, -0.1) is 12.4 Å². The van der Waals surface area contributed by atoms with E-state index < -0.39 is 10.0 Å². The van der Waals surface area contributed by atoms with E-state index in [1.807, 2.05) is 0 Å². The molecule has 5 nitrogen and oxygen atoms in total. The maximum Gasteiger partial charge on any atom is 0.229 e. The summed E-state index contributed by atoms with van der Waals surface area (Å²) in [6.07, 6.45) is 2.54. The van der Waals surface area contributed by atoms with Gasteiger partial charge in [0.1, 0.15) is 5.82 Å². The molecule has 1 heterocycles. The van der Waals surface area contributed by atoms with E-state index >= 15 is 0 Å². The van der Waals surface area contributed by atoms with Crippen molar-refractivity contribution in [1.82, 2.24) is 4.98 Å². The molecule has 0 bridgehead atoms. The number of hydrogen-bond donors (Lipinski definition) is 2. The quantitative estimate of drug-likeness (QED) is 0.860. The first-order valence-electron chi connectivity index (χ1n) is 3.27. The zero-order valence-electron chi connectivity index (χ0n) is 7.19. The normalized spacial score (nSPS) is 10.4. The van der Waals surface area contributed by atoms with Crippen molar-refractivity contribution in [1.29, 1.82) is 0 Å². The van der Waals surface area contributed by atoms with Gasteiger partial charge >= 0.3 is 0 Å². The zero-order chi connectivity index (χ0) is 10.1. The SMILES string of the molecule is CS(=O)(=O)Nc1cc(Br)cnc1N.Cl. The molecule has 0 amide bonds. The number of pyridine rings is 1. The van der Waals surface area contributed by atoms with Gasteiger partial charge in [-0.05, 0) is 22.0 Å². The molecule has 1 aromatic rings. The van der Waals surface area contributed by atoms with E-state index in [-0.39, 0.29) is 23.9 Å². The van der Waals surface area contributed by atoms with Gasteiger partial charge in [-0.25, -0.2) is 13.4 Å². The smallest absolute Gasteiger partial charge is 0.229 e. The first kappa shape index (κ1) is 13.5. The molecule has 3 N–H and O–H groups in total. The zero-order valence-corrected chi connectivity index (χ0v) is 10.4. The summed E-state index contributed by atoms with van der Waals surface area (Å²) in [6.45, 7) is 0. The number of rotatable bonds is 2. The Morgan fingerprint density at radius 1 is 1.57 bits per heavy atom. The average Bonchev–Trinajstić information content (AvgIpc) is 1.94. The standard InChI is InChI=1S/C6H8BrN3O2S.ClH/c1-13(11,12)10-5-2-4(7)3-9-6(5)8;/h2-3,10H,1H3,(H2,8,9);1H. The number of nitrogen functional groups attached to an aromatic ring is 1. The van der Waals surface area contributed by atoms with Crippen LogP contribution in [0, 0.1) is 0 Å². The molecule has 0 aliphatic heterocycles. The van der Waals surface area contributed by atoms with E-state index in [4.69, 9.17) is 5.73 Å². The second-order valence-electron chi connectivity index (χ2n) is 2.46. The molecule has 0 fully saturated rings. The molecule has 0 unspecified atom stereocenters. The monoisotopic (exact) mass is 301 g/mol. The van der Waals surface area contributed by atoms with Gasteiger partial charge in [0, 0.05) is 10.7 Å². The third-order valence-electron chi connectivity index (χ3n) is 1.18. The first-order valence-corrected chi connectivity index (χ1v) is 5.96. The summed E-state index contributed by atoms with van der Waals surface area (Å²) in [6, 6.07) is 1.55. The lowest BCUT2D eigenvalue weighted by molar-refractivity contribution is 0.607. The molecule has 0 saturated heterocycles. The topological polar surface area (TPSA) is 85.1 Å². The van der Waals surface area contributed by atoms with Crippen LogP contribution in [-0.4, -0.2) is 19.7 Å². The molecule has 0 aliphatic carbocycles. The van der Waals surface area contributed by atoms with Crippen LogP contribution in [0.5, 0.6) is 0 Å². The Labute approximate surface area is 96.7 Å². The predicted molar refractivity (Wildman–Crippen MR) is 62.1 cm³/mol. The molecule has 1 aromatic heterocycles. The molecule has 0 aliphatic rings. The number of sulfonamides is 1. The van der Waals surface area contributed by atoms with Gasteiger partial charge in [0.05, 0.1) is 11.9 Å². The van der Waals surface area contributed by atoms with Gasteiger partial charge in [-0.1, -0.05) is 0 Å². The second kappa shape index (κ2) is 4.81. The number of aromatic nitrogens is 1. The number of anilines is 2. The summed E-state index contributed by atoms with van der Waals surface area (Å²) < 4.78 is 24.6. The van der Waals surface area contributed by atoms with Crippen LogP contribution in [0.25, 0.3) is 0 Å². The van der Waals surface area contributed by atoms with Crippen LogP contribution in [0.4, 0.5) is 11.5 Å². The molecule has 0 spiro atoms. The minimum absolute atomic E-state index is 0. The minimum atomic E-state index is -3.31. The van der Waals surface area contributed by atoms with Gasteiger partial charge in [0.15, 0.2) is 0 Å². The van der Waals surface area contributed by atoms with E-state index in [9.17, 15) is 8.42 Å². The Morgan fingerprint density at radius 3 is 2.64 bits per heavy atom. The summed E-state index contributed by atoms with van der Waals surface area (Å²) in [5.74, 6) is 0.147. The van der Waals surface area contributed by atoms with E-state index in [0.29, 0.717) is 4.47 Å². The molecular weight excluding hydrogens is 294 g/mol. The van der Waals surface area contributed by atoms with E-state index in [1.165, 1.54) is 6.20 Å². The van der Waals surface area contributed by atoms with Crippen molar-refractivity contribution in [3.05, 3.63) is 16.7 Å². The Morgan fingerprint density at radius 2 is 2.14 bits per heavy atom. The Kier molecular flexibility index (Phi) is 4.63. The largest absolute Gasteiger partial charge is 0.382 e. The van der Waals surface area contributed by atoms with Crippen molar-refractivity contribution in [3.8, 4) is 0 Å². The third-order valence-corrected chi connectivity index (χ3v) is 2.20. The molecule has 0 atom stereocenters. The molecule has 14 heavy (non-hydrogen) atoms. The molecular formula is C6H9BrClN3O2S. The lowest BCUT2D eigenvalue weighted by Gasteiger charge is -2.05. The fraction of sp³-hybridized carbons (Fsp3) is 0.167. The van der Waals surface area contributed by atoms with E-state index in [1.54, 1.807) is 6.07 Å². The maximum absolute atomic E-state index is 10.9. The molecule has 0 aromatic carbocycles. The number of nitrogens with zero attached hydrogens (tertiary/aromatic N) is 1. The van der Waals surface area contributed by atoms with Gasteiger partial charge in [0.25, 0.3) is 0 Å².